The number of hydrogen-bond donors (Lipinski definition) is 1. The van der Waals surface area contributed by atoms with Gasteiger partial charge in [0, 0.05) is 51.2 Å². The second kappa shape index (κ2) is 8.05. The number of rotatable bonds is 5. The van der Waals surface area contributed by atoms with Gasteiger partial charge in [-0.25, -0.2) is 4.79 Å². The molecule has 2 saturated heterocycles. The first-order valence-electron chi connectivity index (χ1n) is 10.2. The molecule has 1 atom stereocenters. The molecule has 3 aliphatic rings. The molecule has 150 valence electrons. The number of piperidine rings is 1. The number of nitrogens with one attached hydrogen (secondary N) is 1. The van der Waals surface area contributed by atoms with Crippen LogP contribution in [0.3, 0.4) is 0 Å². The molecule has 0 saturated carbocycles. The van der Waals surface area contributed by atoms with E-state index in [0.29, 0.717) is 30.5 Å². The Balaban J connectivity index is 1.41. The molecule has 1 aromatic rings. The van der Waals surface area contributed by atoms with E-state index in [-0.39, 0.29) is 18.0 Å². The van der Waals surface area contributed by atoms with Gasteiger partial charge >= 0.3 is 5.97 Å². The topological polar surface area (TPSA) is 67.9 Å². The molecule has 1 spiro atoms. The Bertz CT molecular complexity index is 760. The zero-order valence-electron chi connectivity index (χ0n) is 16.4. The lowest BCUT2D eigenvalue weighted by atomic mass is 9.82. The van der Waals surface area contributed by atoms with E-state index in [1.54, 1.807) is 6.92 Å². The summed E-state index contributed by atoms with van der Waals surface area (Å²) >= 11 is 0. The van der Waals surface area contributed by atoms with Crippen LogP contribution in [0.2, 0.25) is 0 Å². The molecule has 0 aromatic heterocycles. The van der Waals surface area contributed by atoms with Gasteiger partial charge in [0.15, 0.2) is 0 Å². The summed E-state index contributed by atoms with van der Waals surface area (Å²) in [5.74, 6) is -0.547. The van der Waals surface area contributed by atoms with Crippen LogP contribution in [0.4, 0.5) is 0 Å². The monoisotopic (exact) mass is 384 g/mol. The van der Waals surface area contributed by atoms with Crippen molar-refractivity contribution < 1.29 is 19.1 Å². The number of carbonyl (C=O) groups is 2. The average molecular weight is 384 g/mol. The van der Waals surface area contributed by atoms with Crippen molar-refractivity contribution in [3.05, 3.63) is 47.0 Å². The number of hydrogen-bond acceptors (Lipinski definition) is 5. The average Bonchev–Trinajstić information content (AvgIpc) is 3.30. The molecule has 6 heteroatoms. The van der Waals surface area contributed by atoms with Gasteiger partial charge in [-0.15, -0.1) is 0 Å². The van der Waals surface area contributed by atoms with Crippen LogP contribution in [0.15, 0.2) is 41.5 Å². The molecule has 1 unspecified atom stereocenters. The summed E-state index contributed by atoms with van der Waals surface area (Å²) in [5, 5.41) is 2.97. The summed E-state index contributed by atoms with van der Waals surface area (Å²) < 4.78 is 11.4. The van der Waals surface area contributed by atoms with E-state index in [1.165, 1.54) is 5.56 Å². The molecule has 0 bridgehead atoms. The lowest BCUT2D eigenvalue weighted by Gasteiger charge is -2.39. The van der Waals surface area contributed by atoms with Crippen LogP contribution in [0.5, 0.6) is 0 Å². The Hall–Kier alpha value is -2.18. The van der Waals surface area contributed by atoms with Gasteiger partial charge in [-0.3, -0.25) is 9.69 Å². The molecule has 3 heterocycles. The largest absolute Gasteiger partial charge is 0.450 e. The Kier molecular flexibility index (Phi) is 5.51. The third-order valence-electron chi connectivity index (χ3n) is 6.08. The molecule has 1 amide bonds. The predicted molar refractivity (Wildman–Crippen MR) is 104 cm³/mol. The molecule has 3 aliphatic heterocycles. The summed E-state index contributed by atoms with van der Waals surface area (Å²) in [6.45, 7) is 5.39. The fourth-order valence-corrected chi connectivity index (χ4v) is 4.49. The molecule has 2 fully saturated rings. The predicted octanol–water partition coefficient (Wildman–Crippen LogP) is 2.19. The van der Waals surface area contributed by atoms with Crippen molar-refractivity contribution in [1.29, 1.82) is 0 Å². The van der Waals surface area contributed by atoms with Crippen molar-refractivity contribution in [1.82, 2.24) is 10.2 Å². The van der Waals surface area contributed by atoms with E-state index < -0.39 is 5.60 Å². The Labute approximate surface area is 165 Å². The van der Waals surface area contributed by atoms with E-state index in [4.69, 9.17) is 9.47 Å². The van der Waals surface area contributed by atoms with E-state index in [0.717, 1.165) is 39.1 Å². The lowest BCUT2D eigenvalue weighted by Crippen LogP contribution is -2.49. The zero-order chi connectivity index (χ0) is 19.6. The Morgan fingerprint density at radius 3 is 2.68 bits per heavy atom. The Morgan fingerprint density at radius 2 is 2.00 bits per heavy atom. The Morgan fingerprint density at radius 1 is 1.25 bits per heavy atom. The van der Waals surface area contributed by atoms with E-state index in [9.17, 15) is 9.59 Å². The highest BCUT2D eigenvalue weighted by Crippen LogP contribution is 2.41. The van der Waals surface area contributed by atoms with Crippen LogP contribution in [0, 0.1) is 0 Å². The van der Waals surface area contributed by atoms with Crippen LogP contribution in [0.25, 0.3) is 0 Å². The number of likely N-dealkylation sites (tertiary alicyclic amines) is 1. The normalized spacial score (nSPS) is 24.6. The number of ether oxygens (including phenoxy) is 2. The molecule has 0 radical (unpaired) electrons. The summed E-state index contributed by atoms with van der Waals surface area (Å²) in [4.78, 5) is 27.6. The van der Waals surface area contributed by atoms with E-state index >= 15 is 0 Å². The minimum absolute atomic E-state index is 0.0755. The highest BCUT2D eigenvalue weighted by molar-refractivity contribution is 6.07. The number of amides is 1. The number of nitrogens with zero attached hydrogens (tertiary/aromatic N) is 1. The second-order valence-corrected chi connectivity index (χ2v) is 7.99. The number of benzene rings is 1. The highest BCUT2D eigenvalue weighted by atomic mass is 16.6. The molecule has 1 N–H and O–H groups in total. The molecule has 1 aromatic carbocycles. The molecule has 6 nitrogen and oxygen atoms in total. The molecule has 0 aliphatic carbocycles. The summed E-state index contributed by atoms with van der Waals surface area (Å²) in [5.41, 5.74) is 1.45. The van der Waals surface area contributed by atoms with Crippen molar-refractivity contribution in [2.45, 2.75) is 50.9 Å². The summed E-state index contributed by atoms with van der Waals surface area (Å²) in [6, 6.07) is 10.3. The quantitative estimate of drug-likeness (QED) is 0.789. The van der Waals surface area contributed by atoms with Crippen LogP contribution in [-0.2, 0) is 25.6 Å². The van der Waals surface area contributed by atoms with Crippen LogP contribution in [-0.4, -0.2) is 54.7 Å². The lowest BCUT2D eigenvalue weighted by molar-refractivity contribution is -0.151. The van der Waals surface area contributed by atoms with Gasteiger partial charge in [0.2, 0.25) is 0 Å². The molecular formula is C22H28N2O4. The molecular weight excluding hydrogens is 356 g/mol. The first kappa shape index (κ1) is 19.2. The minimum atomic E-state index is -0.783. The van der Waals surface area contributed by atoms with Gasteiger partial charge in [0.25, 0.3) is 5.91 Å². The minimum Gasteiger partial charge on any atom is -0.450 e. The van der Waals surface area contributed by atoms with Crippen molar-refractivity contribution in [3.63, 3.8) is 0 Å². The number of carbonyl (C=O) groups excluding carboxylic acids is 2. The van der Waals surface area contributed by atoms with Gasteiger partial charge in [0.05, 0.1) is 11.7 Å². The maximum absolute atomic E-state index is 12.9. The van der Waals surface area contributed by atoms with Gasteiger partial charge in [0.1, 0.15) is 5.60 Å². The SMILES string of the molecule is CC1=C(C(=O)NCC2CCCO2)C2(CCN(Cc3ccccc3)CC2)OC1=O. The zero-order valence-corrected chi connectivity index (χ0v) is 16.4. The van der Waals surface area contributed by atoms with Gasteiger partial charge in [-0.1, -0.05) is 30.3 Å². The first-order chi connectivity index (χ1) is 13.6. The number of esters is 1. The van der Waals surface area contributed by atoms with Crippen LogP contribution in [0.1, 0.15) is 38.2 Å². The van der Waals surface area contributed by atoms with Gasteiger partial charge < -0.3 is 14.8 Å². The summed E-state index contributed by atoms with van der Waals surface area (Å²) in [7, 11) is 0. The molecule has 28 heavy (non-hydrogen) atoms. The second-order valence-electron chi connectivity index (χ2n) is 7.99. The van der Waals surface area contributed by atoms with Crippen LogP contribution >= 0.6 is 0 Å². The van der Waals surface area contributed by atoms with Crippen LogP contribution < -0.4 is 5.32 Å². The van der Waals surface area contributed by atoms with E-state index in [2.05, 4.69) is 22.3 Å². The smallest absolute Gasteiger partial charge is 0.335 e. The standard InChI is InChI=1S/C22H28N2O4/c1-16-19(20(25)23-14-18-8-5-13-27-18)22(28-21(16)26)9-11-24(12-10-22)15-17-6-3-2-4-7-17/h2-4,6-7,18H,5,8-15H2,1H3,(H,23,25). The fourth-order valence-electron chi connectivity index (χ4n) is 4.49. The highest BCUT2D eigenvalue weighted by Gasteiger charge is 2.50. The fraction of sp³-hybridized carbons (Fsp3) is 0.545. The van der Waals surface area contributed by atoms with Gasteiger partial charge in [-0.2, -0.15) is 0 Å². The maximum atomic E-state index is 12.9. The van der Waals surface area contributed by atoms with Crippen molar-refractivity contribution in [2.75, 3.05) is 26.2 Å². The third-order valence-corrected chi connectivity index (χ3v) is 6.08. The molecule has 4 rings (SSSR count). The summed E-state index contributed by atoms with van der Waals surface area (Å²) in [6.07, 6.45) is 3.36. The van der Waals surface area contributed by atoms with Crippen molar-refractivity contribution in [3.8, 4) is 0 Å². The van der Waals surface area contributed by atoms with Crippen molar-refractivity contribution >= 4 is 11.9 Å². The maximum Gasteiger partial charge on any atom is 0.335 e. The van der Waals surface area contributed by atoms with Gasteiger partial charge in [-0.05, 0) is 25.3 Å². The first-order valence-corrected chi connectivity index (χ1v) is 10.2. The third kappa shape index (κ3) is 3.84. The van der Waals surface area contributed by atoms with E-state index in [1.807, 2.05) is 18.2 Å². The van der Waals surface area contributed by atoms with Crippen molar-refractivity contribution in [2.24, 2.45) is 0 Å².